The summed E-state index contributed by atoms with van der Waals surface area (Å²) >= 11 is 0. The minimum Gasteiger partial charge on any atom is -0.381 e. The fourth-order valence-electron chi connectivity index (χ4n) is 4.31. The number of pyridine rings is 1. The van der Waals surface area contributed by atoms with Gasteiger partial charge in [-0.1, -0.05) is 50.0 Å². The molecule has 8 heteroatoms. The molecule has 1 aliphatic carbocycles. The van der Waals surface area contributed by atoms with Crippen molar-refractivity contribution < 1.29 is 18.3 Å². The molecule has 4 rings (SSSR count). The van der Waals surface area contributed by atoms with E-state index >= 15 is 0 Å². The van der Waals surface area contributed by atoms with Crippen LogP contribution in [0.25, 0.3) is 17.1 Å². The second-order valence-corrected chi connectivity index (χ2v) is 10.7. The maximum Gasteiger partial charge on any atom is 0.269 e. The summed E-state index contributed by atoms with van der Waals surface area (Å²) < 4.78 is 33.3. The van der Waals surface area contributed by atoms with E-state index in [0.717, 1.165) is 41.5 Å². The molecule has 0 spiro atoms. The highest BCUT2D eigenvalue weighted by molar-refractivity contribution is 7.90. The predicted molar refractivity (Wildman–Crippen MR) is 135 cm³/mol. The molecule has 2 heterocycles. The molecule has 0 amide bonds. The van der Waals surface area contributed by atoms with Gasteiger partial charge < -0.3 is 15.2 Å². The van der Waals surface area contributed by atoms with E-state index in [0.29, 0.717) is 18.3 Å². The lowest BCUT2D eigenvalue weighted by atomic mass is 9.95. The Morgan fingerprint density at radius 2 is 1.94 bits per heavy atom. The molecule has 1 atom stereocenters. The van der Waals surface area contributed by atoms with Crippen LogP contribution in [0.3, 0.4) is 0 Å². The third kappa shape index (κ3) is 5.35. The molecule has 1 aliphatic rings. The zero-order valence-corrected chi connectivity index (χ0v) is 20.6. The molecule has 2 N–H and O–H groups in total. The molecule has 3 aromatic rings. The van der Waals surface area contributed by atoms with Crippen molar-refractivity contribution in [3.63, 3.8) is 0 Å². The van der Waals surface area contributed by atoms with Crippen LogP contribution in [0.5, 0.6) is 0 Å². The normalized spacial score (nSPS) is 16.3. The molecule has 1 saturated carbocycles. The van der Waals surface area contributed by atoms with E-state index in [1.54, 1.807) is 54.9 Å². The van der Waals surface area contributed by atoms with Crippen molar-refractivity contribution >= 4 is 32.8 Å². The van der Waals surface area contributed by atoms with Gasteiger partial charge in [0.2, 0.25) is 0 Å². The number of nitrogens with zero attached hydrogens (tertiary/aromatic N) is 2. The molecular weight excluding hydrogens is 450 g/mol. The highest BCUT2D eigenvalue weighted by Gasteiger charge is 2.23. The van der Waals surface area contributed by atoms with Crippen LogP contribution >= 0.6 is 0 Å². The Hall–Kier alpha value is -2.68. The summed E-state index contributed by atoms with van der Waals surface area (Å²) in [5.74, 6) is 0. The van der Waals surface area contributed by atoms with E-state index in [1.807, 2.05) is 13.8 Å². The first-order chi connectivity index (χ1) is 16.4. The fourth-order valence-corrected chi connectivity index (χ4v) is 5.62. The Bertz CT molecular complexity index is 1240. The first kappa shape index (κ1) is 24.4. The molecule has 1 fully saturated rings. The molecule has 1 aromatic carbocycles. The molecule has 0 radical (unpaired) electrons. The van der Waals surface area contributed by atoms with E-state index in [9.17, 15) is 13.5 Å². The van der Waals surface area contributed by atoms with Gasteiger partial charge in [0.1, 0.15) is 0 Å². The summed E-state index contributed by atoms with van der Waals surface area (Å²) in [5, 5.41) is 14.5. The quantitative estimate of drug-likeness (QED) is 0.412. The van der Waals surface area contributed by atoms with Gasteiger partial charge in [-0.05, 0) is 50.5 Å². The lowest BCUT2D eigenvalue weighted by Crippen LogP contribution is -2.23. The zero-order chi connectivity index (χ0) is 24.1. The van der Waals surface area contributed by atoms with Crippen molar-refractivity contribution in [2.24, 2.45) is 0 Å². The van der Waals surface area contributed by atoms with Crippen molar-refractivity contribution in [1.82, 2.24) is 8.96 Å². The van der Waals surface area contributed by atoms with Crippen LogP contribution in [0.15, 0.2) is 53.7 Å². The van der Waals surface area contributed by atoms with Gasteiger partial charge in [0.15, 0.2) is 11.9 Å². The minimum atomic E-state index is -3.79. The number of ether oxygens (including phenoxy) is 1. The Balaban J connectivity index is 1.75. The molecule has 0 saturated heterocycles. The number of aryl methyl sites for hydroxylation is 1. The highest BCUT2D eigenvalue weighted by atomic mass is 32.2. The van der Waals surface area contributed by atoms with Crippen molar-refractivity contribution in [3.05, 3.63) is 59.9 Å². The molecule has 2 aromatic heterocycles. The summed E-state index contributed by atoms with van der Waals surface area (Å²) in [7, 11) is -3.79. The van der Waals surface area contributed by atoms with Gasteiger partial charge in [-0.25, -0.2) is 17.4 Å². The maximum absolute atomic E-state index is 13.4. The van der Waals surface area contributed by atoms with Crippen LogP contribution in [-0.4, -0.2) is 41.4 Å². The van der Waals surface area contributed by atoms with Crippen LogP contribution in [0.2, 0.25) is 0 Å². The standard InChI is InChI=1S/C26H33N3O4S/c1-3-17-33-24(30)14-11-20-18-27-26-23(25(20)28-21-7-5-4-6-8-21)15-16-29(26)34(31,32)22-12-9-19(2)10-13-22/h9-16,18,21,24,30H,3-8,17H2,1-2H3,(H,27,28)/b14-11+. The van der Waals surface area contributed by atoms with Crippen molar-refractivity contribution in [1.29, 1.82) is 0 Å². The monoisotopic (exact) mass is 483 g/mol. The number of hydrogen-bond donors (Lipinski definition) is 2. The Labute approximate surface area is 201 Å². The first-order valence-corrected chi connectivity index (χ1v) is 13.4. The molecule has 182 valence electrons. The van der Waals surface area contributed by atoms with Gasteiger partial charge in [-0.15, -0.1) is 0 Å². The van der Waals surface area contributed by atoms with Crippen LogP contribution < -0.4 is 5.32 Å². The number of aliphatic hydroxyl groups excluding tert-OH is 1. The Morgan fingerprint density at radius 1 is 1.21 bits per heavy atom. The SMILES string of the molecule is CCCOC(O)/C=C/c1cnc2c(ccn2S(=O)(=O)c2ccc(C)cc2)c1NC1CCCCC1. The van der Waals surface area contributed by atoms with E-state index < -0.39 is 16.3 Å². The molecular formula is C26H33N3O4S. The summed E-state index contributed by atoms with van der Waals surface area (Å²) in [5.41, 5.74) is 2.98. The van der Waals surface area contributed by atoms with Gasteiger partial charge >= 0.3 is 0 Å². The summed E-state index contributed by atoms with van der Waals surface area (Å²) in [4.78, 5) is 4.74. The summed E-state index contributed by atoms with van der Waals surface area (Å²) in [6.07, 6.45) is 12.1. The predicted octanol–water partition coefficient (Wildman–Crippen LogP) is 5.08. The number of aromatic nitrogens is 2. The third-order valence-corrected chi connectivity index (χ3v) is 7.86. The van der Waals surface area contributed by atoms with E-state index in [2.05, 4.69) is 10.3 Å². The zero-order valence-electron chi connectivity index (χ0n) is 19.8. The van der Waals surface area contributed by atoms with Crippen LogP contribution in [0.4, 0.5) is 5.69 Å². The molecule has 1 unspecified atom stereocenters. The lowest BCUT2D eigenvalue weighted by molar-refractivity contribution is -0.0631. The minimum absolute atomic E-state index is 0.222. The van der Waals surface area contributed by atoms with Crippen LogP contribution in [-0.2, 0) is 14.8 Å². The third-order valence-electron chi connectivity index (χ3n) is 6.17. The van der Waals surface area contributed by atoms with Gasteiger partial charge in [0.05, 0.1) is 10.6 Å². The average Bonchev–Trinajstić information content (AvgIpc) is 3.28. The van der Waals surface area contributed by atoms with E-state index in [-0.39, 0.29) is 4.90 Å². The van der Waals surface area contributed by atoms with Crippen molar-refractivity contribution in [3.8, 4) is 0 Å². The molecule has 34 heavy (non-hydrogen) atoms. The van der Waals surface area contributed by atoms with E-state index in [4.69, 9.17) is 4.74 Å². The summed E-state index contributed by atoms with van der Waals surface area (Å²) in [6, 6.07) is 8.91. The first-order valence-electron chi connectivity index (χ1n) is 12.0. The average molecular weight is 484 g/mol. The number of nitrogens with one attached hydrogen (secondary N) is 1. The topological polar surface area (TPSA) is 93.4 Å². The van der Waals surface area contributed by atoms with Crippen LogP contribution in [0, 0.1) is 6.92 Å². The maximum atomic E-state index is 13.4. The number of fused-ring (bicyclic) bond motifs is 1. The van der Waals surface area contributed by atoms with Crippen molar-refractivity contribution in [2.45, 2.75) is 69.6 Å². The highest BCUT2D eigenvalue weighted by Crippen LogP contribution is 2.32. The number of anilines is 1. The Morgan fingerprint density at radius 3 is 2.65 bits per heavy atom. The van der Waals surface area contributed by atoms with Gasteiger partial charge in [-0.3, -0.25) is 0 Å². The van der Waals surface area contributed by atoms with Crippen molar-refractivity contribution in [2.75, 3.05) is 11.9 Å². The smallest absolute Gasteiger partial charge is 0.269 e. The summed E-state index contributed by atoms with van der Waals surface area (Å²) in [6.45, 7) is 4.37. The molecule has 0 aliphatic heterocycles. The fraction of sp³-hybridized carbons (Fsp3) is 0.423. The second kappa shape index (κ2) is 10.7. The van der Waals surface area contributed by atoms with Gasteiger partial charge in [0, 0.05) is 36.0 Å². The molecule has 0 bridgehead atoms. The lowest BCUT2D eigenvalue weighted by Gasteiger charge is -2.25. The van der Waals surface area contributed by atoms with Gasteiger partial charge in [-0.2, -0.15) is 0 Å². The van der Waals surface area contributed by atoms with Crippen LogP contribution in [0.1, 0.15) is 56.6 Å². The Kier molecular flexibility index (Phi) is 7.70. The van der Waals surface area contributed by atoms with Gasteiger partial charge in [0.25, 0.3) is 10.0 Å². The number of rotatable bonds is 9. The molecule has 7 nitrogen and oxygen atoms in total. The number of hydrogen-bond acceptors (Lipinski definition) is 6. The number of benzene rings is 1. The largest absolute Gasteiger partial charge is 0.381 e. The van der Waals surface area contributed by atoms with E-state index in [1.165, 1.54) is 23.2 Å². The second-order valence-electron chi connectivity index (χ2n) is 8.86. The number of aliphatic hydroxyl groups is 1.